The lowest BCUT2D eigenvalue weighted by atomic mass is 10.0. The summed E-state index contributed by atoms with van der Waals surface area (Å²) in [7, 11) is -2.57. The van der Waals surface area contributed by atoms with Crippen LogP contribution in [0.1, 0.15) is 65.5 Å². The number of halogens is 9. The average molecular weight is 952 g/mol. The minimum atomic E-state index is -3.97. The van der Waals surface area contributed by atoms with Gasteiger partial charge in [0.25, 0.3) is 17.9 Å². The molecular formula is C39H30ClF8N11O5S. The van der Waals surface area contributed by atoms with Gasteiger partial charge in [-0.15, -0.1) is 0 Å². The van der Waals surface area contributed by atoms with Gasteiger partial charge in [0.2, 0.25) is 21.8 Å². The first-order chi connectivity index (χ1) is 30.7. The number of rotatable bonds is 14. The van der Waals surface area contributed by atoms with E-state index in [4.69, 9.17) is 16.3 Å². The Balaban J connectivity index is 1.22. The lowest BCUT2D eigenvalue weighted by Crippen LogP contribution is -2.38. The summed E-state index contributed by atoms with van der Waals surface area (Å²) in [5, 5.41) is 10.3. The van der Waals surface area contributed by atoms with Crippen molar-refractivity contribution in [2.24, 2.45) is 13.0 Å². The van der Waals surface area contributed by atoms with Gasteiger partial charge in [-0.1, -0.05) is 11.6 Å². The van der Waals surface area contributed by atoms with Crippen molar-refractivity contribution in [1.82, 2.24) is 49.0 Å². The lowest BCUT2D eigenvalue weighted by molar-refractivity contribution is -0.123. The van der Waals surface area contributed by atoms with Crippen LogP contribution in [0.4, 0.5) is 40.9 Å². The van der Waals surface area contributed by atoms with Crippen LogP contribution in [0, 0.1) is 17.6 Å². The second-order valence-electron chi connectivity index (χ2n) is 15.4. The number of alkyl halides is 6. The van der Waals surface area contributed by atoms with Crippen LogP contribution in [0.5, 0.6) is 5.88 Å². The molecule has 5 aromatic heterocycles. The van der Waals surface area contributed by atoms with E-state index in [-0.39, 0.29) is 67.7 Å². The number of hydrogen-bond acceptors (Lipinski definition) is 10. The second-order valence-corrected chi connectivity index (χ2v) is 17.5. The predicted molar refractivity (Wildman–Crippen MR) is 214 cm³/mol. The molecule has 65 heavy (non-hydrogen) atoms. The van der Waals surface area contributed by atoms with Crippen LogP contribution in [0.25, 0.3) is 27.6 Å². The van der Waals surface area contributed by atoms with Crippen LogP contribution < -0.4 is 20.3 Å². The number of aromatic nitrogens is 9. The summed E-state index contributed by atoms with van der Waals surface area (Å²) in [5.41, 5.74) is -3.58. The SMILES string of the molecule is Cn1nc(NS(C)(=O)=O)c2c(Cl)ccc(-n3c([C@H](Cc4cc(F)cc(F)c4)NC(=O)Cn4nc(C(F)F)c5c4C(F)(F)[C@@H]4C[C@H]54)nc4nc(OCc5nccn5C(F)F)ccc4c3=O)c21. The van der Waals surface area contributed by atoms with Gasteiger partial charge in [0.1, 0.15) is 42.0 Å². The molecule has 1 fully saturated rings. The largest absolute Gasteiger partial charge is 0.469 e. The van der Waals surface area contributed by atoms with E-state index in [9.17, 15) is 44.3 Å². The molecule has 3 atom stereocenters. The van der Waals surface area contributed by atoms with Crippen molar-refractivity contribution in [3.63, 3.8) is 0 Å². The van der Waals surface area contributed by atoms with Crippen LogP contribution in [0.15, 0.2) is 59.7 Å². The number of nitrogens with one attached hydrogen (secondary N) is 2. The van der Waals surface area contributed by atoms with E-state index in [0.717, 1.165) is 35.3 Å². The molecular weight excluding hydrogens is 922 g/mol. The monoisotopic (exact) mass is 951 g/mol. The highest BCUT2D eigenvalue weighted by Gasteiger charge is 2.67. The molecule has 0 aliphatic heterocycles. The Hall–Kier alpha value is -6.63. The van der Waals surface area contributed by atoms with Crippen LogP contribution in [0.2, 0.25) is 5.02 Å². The fourth-order valence-corrected chi connectivity index (χ4v) is 9.03. The molecule has 0 spiro atoms. The van der Waals surface area contributed by atoms with E-state index in [1.54, 1.807) is 0 Å². The summed E-state index contributed by atoms with van der Waals surface area (Å²) in [5.74, 6) is -10.1. The fraction of sp³-hybridized carbons (Fsp3) is 0.308. The summed E-state index contributed by atoms with van der Waals surface area (Å²) in [6.07, 6.45) is -0.871. The number of imidazole rings is 1. The highest BCUT2D eigenvalue weighted by atomic mass is 35.5. The van der Waals surface area contributed by atoms with Crippen molar-refractivity contribution in [3.8, 4) is 11.6 Å². The molecule has 26 heteroatoms. The van der Waals surface area contributed by atoms with E-state index in [1.807, 2.05) is 0 Å². The summed E-state index contributed by atoms with van der Waals surface area (Å²) in [4.78, 5) is 41.8. The van der Waals surface area contributed by atoms with E-state index in [0.29, 0.717) is 15.3 Å². The number of sulfonamides is 1. The van der Waals surface area contributed by atoms with Gasteiger partial charge in [-0.3, -0.25) is 32.8 Å². The van der Waals surface area contributed by atoms with Gasteiger partial charge in [0, 0.05) is 49.5 Å². The smallest absolute Gasteiger partial charge is 0.320 e. The zero-order valence-corrected chi connectivity index (χ0v) is 34.9. The van der Waals surface area contributed by atoms with Crippen LogP contribution in [-0.4, -0.2) is 64.2 Å². The number of amides is 1. The van der Waals surface area contributed by atoms with Crippen molar-refractivity contribution in [3.05, 3.63) is 116 Å². The Morgan fingerprint density at radius 3 is 2.48 bits per heavy atom. The van der Waals surface area contributed by atoms with Gasteiger partial charge < -0.3 is 10.1 Å². The molecule has 2 aromatic carbocycles. The Morgan fingerprint density at radius 1 is 1.05 bits per heavy atom. The minimum Gasteiger partial charge on any atom is -0.469 e. The number of carbonyl (C=O) groups is 1. The molecule has 0 saturated heterocycles. The summed E-state index contributed by atoms with van der Waals surface area (Å²) >= 11 is 6.59. The average Bonchev–Trinajstić information content (AvgIpc) is 3.43. The van der Waals surface area contributed by atoms with Crippen molar-refractivity contribution >= 4 is 55.3 Å². The van der Waals surface area contributed by atoms with Gasteiger partial charge in [-0.05, 0) is 48.2 Å². The van der Waals surface area contributed by atoms with E-state index >= 15 is 8.78 Å². The third-order valence-corrected chi connectivity index (χ3v) is 11.8. The van der Waals surface area contributed by atoms with Crippen LogP contribution in [-0.2, 0) is 47.4 Å². The number of ether oxygens (including phenoxy) is 1. The molecule has 340 valence electrons. The summed E-state index contributed by atoms with van der Waals surface area (Å²) < 4.78 is 152. The van der Waals surface area contributed by atoms with Gasteiger partial charge >= 0.3 is 6.55 Å². The Labute approximate surface area is 364 Å². The maximum absolute atomic E-state index is 15.5. The van der Waals surface area contributed by atoms with Crippen molar-refractivity contribution in [2.75, 3.05) is 11.0 Å². The van der Waals surface area contributed by atoms with E-state index < -0.39 is 107 Å². The van der Waals surface area contributed by atoms with Crippen molar-refractivity contribution < 1.29 is 53.1 Å². The van der Waals surface area contributed by atoms with Gasteiger partial charge in [-0.2, -0.15) is 32.7 Å². The topological polar surface area (TPSA) is 186 Å². The van der Waals surface area contributed by atoms with E-state index in [1.165, 1.54) is 36.0 Å². The number of fused-ring (bicyclic) bond motifs is 5. The molecule has 7 aromatic rings. The number of anilines is 1. The lowest BCUT2D eigenvalue weighted by Gasteiger charge is -2.24. The molecule has 0 bridgehead atoms. The molecule has 2 N–H and O–H groups in total. The van der Waals surface area contributed by atoms with Crippen molar-refractivity contribution in [1.29, 1.82) is 0 Å². The molecule has 0 unspecified atom stereocenters. The third-order valence-electron chi connectivity index (χ3n) is 10.9. The quantitative estimate of drug-likeness (QED) is 0.113. The number of benzene rings is 2. The zero-order valence-electron chi connectivity index (χ0n) is 33.3. The normalized spacial score (nSPS) is 16.9. The summed E-state index contributed by atoms with van der Waals surface area (Å²) in [6.45, 7) is -4.54. The Kier molecular flexibility index (Phi) is 10.6. The Bertz CT molecular complexity index is 3250. The van der Waals surface area contributed by atoms with Gasteiger partial charge in [0.05, 0.1) is 39.3 Å². The highest BCUT2D eigenvalue weighted by Crippen LogP contribution is 2.68. The molecule has 2 aliphatic rings. The molecule has 16 nitrogen and oxygen atoms in total. The van der Waals surface area contributed by atoms with Crippen molar-refractivity contribution in [2.45, 2.75) is 56.9 Å². The van der Waals surface area contributed by atoms with Gasteiger partial charge in [0.15, 0.2) is 17.3 Å². The third kappa shape index (κ3) is 7.88. The first-order valence-corrected chi connectivity index (χ1v) is 21.5. The number of aryl methyl sites for hydroxylation is 1. The number of hydrogen-bond donors (Lipinski definition) is 2. The molecule has 5 heterocycles. The van der Waals surface area contributed by atoms with Crippen LogP contribution >= 0.6 is 11.6 Å². The number of nitrogens with zero attached hydrogens (tertiary/aromatic N) is 9. The first-order valence-electron chi connectivity index (χ1n) is 19.2. The second kappa shape index (κ2) is 15.8. The molecule has 1 saturated carbocycles. The number of carbonyl (C=O) groups excluding carboxylic acids is 1. The summed E-state index contributed by atoms with van der Waals surface area (Å²) in [6, 6.07) is 5.82. The maximum Gasteiger partial charge on any atom is 0.320 e. The predicted octanol–water partition coefficient (Wildman–Crippen LogP) is 6.58. The van der Waals surface area contributed by atoms with E-state index in [2.05, 4.69) is 35.2 Å². The minimum absolute atomic E-state index is 0.00629. The Morgan fingerprint density at radius 2 is 1.78 bits per heavy atom. The highest BCUT2D eigenvalue weighted by molar-refractivity contribution is 7.92. The van der Waals surface area contributed by atoms with Crippen LogP contribution in [0.3, 0.4) is 0 Å². The molecule has 0 radical (unpaired) electrons. The molecule has 2 aliphatic carbocycles. The first kappa shape index (κ1) is 43.6. The zero-order chi connectivity index (χ0) is 46.4. The number of pyridine rings is 1. The standard InChI is InChI=1S/C39H30ClF8N11O5S/c1-56-31-24(5-4-22(40)29(31)35(54-56)55-65(2,62)63)59-36(52-34-19(37(59)61)3-6-27(51-34)64-15-25-49-7-8-57(25)38(45)46)23(11-16-9-17(41)12-18(42)10-16)50-26(60)14-58-32-28(30(53-58)33(43)44)20-13-21(20)39(32,47)48/h3-10,12,20-21,23,33,38H,11,13-15H2,1-2H3,(H,50,60)(H,54,55)/t20-,21+,23-/m0/s1. The fourth-order valence-electron chi connectivity index (χ4n) is 8.30. The molecule has 9 rings (SSSR count). The maximum atomic E-state index is 15.5. The van der Waals surface area contributed by atoms with Gasteiger partial charge in [-0.25, -0.2) is 35.9 Å². The molecule has 1 amide bonds.